The summed E-state index contributed by atoms with van der Waals surface area (Å²) in [6.07, 6.45) is 0.170. The molecular weight excluding hydrogens is 380 g/mol. The third-order valence-electron chi connectivity index (χ3n) is 5.01. The van der Waals surface area contributed by atoms with Crippen LogP contribution in [-0.2, 0) is 14.4 Å². The molecule has 168 valence electrons. The van der Waals surface area contributed by atoms with Crippen LogP contribution < -0.4 is 11.1 Å². The van der Waals surface area contributed by atoms with Gasteiger partial charge in [0.1, 0.15) is 6.04 Å². The summed E-state index contributed by atoms with van der Waals surface area (Å²) in [6.45, 7) is 6.19. The number of nitrogens with one attached hydrogen (secondary N) is 1. The molecule has 29 heavy (non-hydrogen) atoms. The number of carboxylic acids is 2. The van der Waals surface area contributed by atoms with Crippen LogP contribution in [0.5, 0.6) is 0 Å². The molecule has 0 bridgehead atoms. The molecule has 0 aliphatic carbocycles. The monoisotopic (exact) mass is 416 g/mol. The molecule has 0 aromatic carbocycles. The number of nitrogens with two attached hydrogens (primary N) is 1. The third-order valence-corrected chi connectivity index (χ3v) is 5.01. The fraction of sp³-hybridized carbons (Fsp3) is 0.833. The number of amides is 1. The first-order chi connectivity index (χ1) is 13.7. The minimum atomic E-state index is -1.09. The predicted molar refractivity (Wildman–Crippen MR) is 109 cm³/mol. The molecule has 0 aromatic rings. The predicted octanol–water partition coefficient (Wildman–Crippen LogP) is -2.53. The molecule has 11 nitrogen and oxygen atoms in total. The Bertz CT molecular complexity index is 535. The van der Waals surface area contributed by atoms with E-state index in [2.05, 4.69) is 15.1 Å². The summed E-state index contributed by atoms with van der Waals surface area (Å²) in [6, 6.07) is -0.992. The Morgan fingerprint density at radius 1 is 0.862 bits per heavy atom. The lowest BCUT2D eigenvalue weighted by Crippen LogP contribution is -2.48. The van der Waals surface area contributed by atoms with E-state index in [9.17, 15) is 14.4 Å². The normalized spacial score (nSPS) is 20.4. The van der Waals surface area contributed by atoms with Crippen molar-refractivity contribution >= 4 is 17.8 Å². The van der Waals surface area contributed by atoms with Crippen molar-refractivity contribution < 1.29 is 24.6 Å². The second-order valence-electron chi connectivity index (χ2n) is 7.64. The Labute approximate surface area is 172 Å². The van der Waals surface area contributed by atoms with Crippen molar-refractivity contribution in [2.45, 2.75) is 12.5 Å². The van der Waals surface area contributed by atoms with E-state index >= 15 is 0 Å². The third kappa shape index (κ3) is 11.7. The number of rotatable bonds is 8. The molecular formula is C18H36N6O5. The van der Waals surface area contributed by atoms with Crippen molar-refractivity contribution in [1.29, 1.82) is 0 Å². The van der Waals surface area contributed by atoms with E-state index in [1.54, 1.807) is 0 Å². The van der Waals surface area contributed by atoms with Crippen molar-refractivity contribution in [3.8, 4) is 0 Å². The average Bonchev–Trinajstić information content (AvgIpc) is 2.64. The van der Waals surface area contributed by atoms with Gasteiger partial charge in [0.25, 0.3) is 0 Å². The van der Waals surface area contributed by atoms with Crippen LogP contribution in [0.4, 0.5) is 0 Å². The molecule has 0 spiro atoms. The zero-order valence-corrected chi connectivity index (χ0v) is 17.5. The second kappa shape index (κ2) is 13.4. The van der Waals surface area contributed by atoms with Crippen LogP contribution in [0, 0.1) is 0 Å². The van der Waals surface area contributed by atoms with Gasteiger partial charge >= 0.3 is 11.9 Å². The van der Waals surface area contributed by atoms with Gasteiger partial charge in [-0.3, -0.25) is 24.2 Å². The Balaban J connectivity index is 2.60. The number of hydrogen-bond acceptors (Lipinski definition) is 8. The van der Waals surface area contributed by atoms with Crippen molar-refractivity contribution in [1.82, 2.24) is 24.9 Å². The van der Waals surface area contributed by atoms with Crippen molar-refractivity contribution in [3.05, 3.63) is 0 Å². The van der Waals surface area contributed by atoms with Gasteiger partial charge < -0.3 is 31.1 Å². The van der Waals surface area contributed by atoms with Crippen LogP contribution in [-0.4, -0.2) is 140 Å². The Morgan fingerprint density at radius 2 is 1.31 bits per heavy atom. The van der Waals surface area contributed by atoms with Gasteiger partial charge in [-0.05, 0) is 20.5 Å². The maximum atomic E-state index is 12.3. The molecule has 1 heterocycles. The highest BCUT2D eigenvalue weighted by Crippen LogP contribution is 1.99. The Hall–Kier alpha value is -1.79. The van der Waals surface area contributed by atoms with Gasteiger partial charge in [0.2, 0.25) is 5.91 Å². The first-order valence-corrected chi connectivity index (χ1v) is 9.96. The molecule has 1 atom stereocenters. The molecule has 1 aliphatic rings. The van der Waals surface area contributed by atoms with Crippen molar-refractivity contribution in [2.75, 3.05) is 86.1 Å². The average molecular weight is 417 g/mol. The van der Waals surface area contributed by atoms with Crippen LogP contribution in [0.25, 0.3) is 0 Å². The van der Waals surface area contributed by atoms with E-state index in [-0.39, 0.29) is 32.0 Å². The summed E-state index contributed by atoms with van der Waals surface area (Å²) >= 11 is 0. The fourth-order valence-electron chi connectivity index (χ4n) is 2.95. The number of hydrogen-bond donors (Lipinski definition) is 4. The van der Waals surface area contributed by atoms with Crippen molar-refractivity contribution in [2.24, 2.45) is 5.73 Å². The quantitative estimate of drug-likeness (QED) is 0.334. The van der Waals surface area contributed by atoms with Gasteiger partial charge in [-0.25, -0.2) is 0 Å². The van der Waals surface area contributed by atoms with Crippen LogP contribution in [0.3, 0.4) is 0 Å². The zero-order valence-electron chi connectivity index (χ0n) is 17.5. The van der Waals surface area contributed by atoms with Gasteiger partial charge in [-0.15, -0.1) is 0 Å². The van der Waals surface area contributed by atoms with Crippen LogP contribution in [0.2, 0.25) is 0 Å². The van der Waals surface area contributed by atoms with Crippen LogP contribution >= 0.6 is 0 Å². The summed E-state index contributed by atoms with van der Waals surface area (Å²) in [5.74, 6) is -2.14. The fourth-order valence-corrected chi connectivity index (χ4v) is 2.95. The molecule has 1 aliphatic heterocycles. The van der Waals surface area contributed by atoms with Gasteiger partial charge in [-0.1, -0.05) is 0 Å². The van der Waals surface area contributed by atoms with Crippen molar-refractivity contribution in [3.63, 3.8) is 0 Å². The SMILES string of the molecule is CN1CCN(C)CCN(CC(=O)NCCC(N)C(=O)O)CCN(CC(=O)O)CC1. The lowest BCUT2D eigenvalue weighted by molar-refractivity contribution is -0.139. The molecule has 1 unspecified atom stereocenters. The molecule has 1 rings (SSSR count). The lowest BCUT2D eigenvalue weighted by Gasteiger charge is -2.31. The Kier molecular flexibility index (Phi) is 11.7. The highest BCUT2D eigenvalue weighted by molar-refractivity contribution is 5.78. The smallest absolute Gasteiger partial charge is 0.320 e. The molecule has 0 radical (unpaired) electrons. The number of carbonyl (C=O) groups is 3. The van der Waals surface area contributed by atoms with Gasteiger partial charge in [-0.2, -0.15) is 0 Å². The maximum absolute atomic E-state index is 12.3. The second-order valence-corrected chi connectivity index (χ2v) is 7.64. The van der Waals surface area contributed by atoms with E-state index in [0.29, 0.717) is 26.2 Å². The maximum Gasteiger partial charge on any atom is 0.320 e. The summed E-state index contributed by atoms with van der Waals surface area (Å²) in [7, 11) is 4.08. The molecule has 1 amide bonds. The van der Waals surface area contributed by atoms with E-state index in [1.165, 1.54) is 0 Å². The number of likely N-dealkylation sites (N-methyl/N-ethyl adjacent to an activating group) is 2. The van der Waals surface area contributed by atoms with E-state index in [1.807, 2.05) is 23.9 Å². The zero-order chi connectivity index (χ0) is 21.8. The highest BCUT2D eigenvalue weighted by atomic mass is 16.4. The summed E-state index contributed by atoms with van der Waals surface area (Å²) in [5, 5.41) is 20.7. The summed E-state index contributed by atoms with van der Waals surface area (Å²) in [5.41, 5.74) is 5.44. The Morgan fingerprint density at radius 3 is 1.79 bits per heavy atom. The van der Waals surface area contributed by atoms with E-state index < -0.39 is 18.0 Å². The number of carboxylic acid groups (broad SMARTS) is 2. The van der Waals surface area contributed by atoms with E-state index in [0.717, 1.165) is 26.2 Å². The topological polar surface area (TPSA) is 143 Å². The molecule has 0 saturated carbocycles. The summed E-state index contributed by atoms with van der Waals surface area (Å²) in [4.78, 5) is 42.4. The minimum Gasteiger partial charge on any atom is -0.480 e. The molecule has 0 aromatic heterocycles. The highest BCUT2D eigenvalue weighted by Gasteiger charge is 2.18. The van der Waals surface area contributed by atoms with Gasteiger partial charge in [0, 0.05) is 58.9 Å². The molecule has 1 fully saturated rings. The van der Waals surface area contributed by atoms with Gasteiger partial charge in [0.15, 0.2) is 0 Å². The largest absolute Gasteiger partial charge is 0.480 e. The summed E-state index contributed by atoms with van der Waals surface area (Å²) < 4.78 is 0. The van der Waals surface area contributed by atoms with Crippen LogP contribution in [0.1, 0.15) is 6.42 Å². The standard InChI is InChI=1S/C18H36N6O5/c1-21-5-6-22(2)8-10-24(14-17(26)27)12-11-23(9-7-21)13-16(25)20-4-3-15(19)18(28)29/h15H,3-14,19H2,1-2H3,(H,20,25)(H,26,27)(H,28,29). The number of aliphatic carboxylic acids is 2. The number of nitrogens with zero attached hydrogens (tertiary/aromatic N) is 4. The lowest BCUT2D eigenvalue weighted by atomic mass is 10.2. The van der Waals surface area contributed by atoms with Crippen LogP contribution in [0.15, 0.2) is 0 Å². The first kappa shape index (κ1) is 25.2. The molecule has 5 N–H and O–H groups in total. The number of carbonyl (C=O) groups excluding carboxylic acids is 1. The van der Waals surface area contributed by atoms with E-state index in [4.69, 9.17) is 15.9 Å². The van der Waals surface area contributed by atoms with Gasteiger partial charge in [0.05, 0.1) is 13.1 Å². The molecule has 11 heteroatoms. The minimum absolute atomic E-state index is 0.0269. The molecule has 1 saturated heterocycles. The first-order valence-electron chi connectivity index (χ1n) is 9.96.